The van der Waals surface area contributed by atoms with Crippen LogP contribution < -0.4 is 14.8 Å². The quantitative estimate of drug-likeness (QED) is 0.448. The van der Waals surface area contributed by atoms with Crippen LogP contribution in [0.3, 0.4) is 0 Å². The lowest BCUT2D eigenvalue weighted by molar-refractivity contribution is -0.384. The van der Waals surface area contributed by atoms with E-state index in [1.54, 1.807) is 37.6 Å². The van der Waals surface area contributed by atoms with Crippen LogP contribution in [0.4, 0.5) is 5.69 Å². The summed E-state index contributed by atoms with van der Waals surface area (Å²) in [7, 11) is 1.56. The van der Waals surface area contributed by atoms with Crippen molar-refractivity contribution < 1.29 is 19.2 Å². The lowest BCUT2D eigenvalue weighted by atomic mass is 10.1. The van der Waals surface area contributed by atoms with E-state index in [1.807, 2.05) is 26.0 Å². The third kappa shape index (κ3) is 4.57. The normalized spacial score (nSPS) is 11.6. The number of aromatic nitrogens is 2. The number of hydrogen-bond donors (Lipinski definition) is 1. The fraction of sp³-hybridized carbons (Fsp3) is 0.238. The van der Waals surface area contributed by atoms with Crippen molar-refractivity contribution in [3.05, 3.63) is 76.1 Å². The fourth-order valence-electron chi connectivity index (χ4n) is 2.92. The second kappa shape index (κ2) is 9.08. The number of non-ortho nitro benzene ring substituents is 1. The highest BCUT2D eigenvalue weighted by molar-refractivity contribution is 5.92. The van der Waals surface area contributed by atoms with Gasteiger partial charge in [0.05, 0.1) is 30.4 Å². The van der Waals surface area contributed by atoms with E-state index in [2.05, 4.69) is 10.4 Å². The lowest BCUT2D eigenvalue weighted by Crippen LogP contribution is -2.27. The Bertz CT molecular complexity index is 1060. The van der Waals surface area contributed by atoms with Crippen molar-refractivity contribution in [3.8, 4) is 17.2 Å². The first-order valence-corrected chi connectivity index (χ1v) is 9.35. The molecule has 0 fully saturated rings. The van der Waals surface area contributed by atoms with Gasteiger partial charge in [-0.25, -0.2) is 4.68 Å². The highest BCUT2D eigenvalue weighted by atomic mass is 16.6. The summed E-state index contributed by atoms with van der Waals surface area (Å²) in [6.45, 7) is 4.27. The summed E-state index contributed by atoms with van der Waals surface area (Å²) in [5.41, 5.74) is 1.49. The number of rotatable bonds is 8. The highest BCUT2D eigenvalue weighted by Gasteiger charge is 2.17. The number of hydrogen-bond acceptors (Lipinski definition) is 6. The first kappa shape index (κ1) is 20.8. The molecule has 0 saturated carbocycles. The van der Waals surface area contributed by atoms with E-state index in [4.69, 9.17) is 9.47 Å². The van der Waals surface area contributed by atoms with E-state index >= 15 is 0 Å². The summed E-state index contributed by atoms with van der Waals surface area (Å²) in [4.78, 5) is 23.1. The molecule has 0 aliphatic heterocycles. The van der Waals surface area contributed by atoms with Crippen molar-refractivity contribution in [1.29, 1.82) is 0 Å². The minimum Gasteiger partial charge on any atom is -0.493 e. The second-order valence-corrected chi connectivity index (χ2v) is 6.46. The molecule has 0 saturated heterocycles. The van der Waals surface area contributed by atoms with Crippen LogP contribution in [0.1, 0.15) is 35.9 Å². The predicted octanol–water partition coefficient (Wildman–Crippen LogP) is 3.68. The zero-order valence-corrected chi connectivity index (χ0v) is 16.9. The monoisotopic (exact) mass is 410 g/mol. The number of amides is 1. The van der Waals surface area contributed by atoms with Crippen molar-refractivity contribution >= 4 is 11.6 Å². The lowest BCUT2D eigenvalue weighted by Gasteiger charge is -2.16. The van der Waals surface area contributed by atoms with Gasteiger partial charge in [-0.1, -0.05) is 12.1 Å². The zero-order chi connectivity index (χ0) is 21.7. The number of nitrogens with one attached hydrogen (secondary N) is 1. The van der Waals surface area contributed by atoms with Gasteiger partial charge in [0.25, 0.3) is 11.6 Å². The van der Waals surface area contributed by atoms with Crippen molar-refractivity contribution in [3.63, 3.8) is 0 Å². The number of nitro benzene ring substituents is 1. The molecular weight excluding hydrogens is 388 g/mol. The second-order valence-electron chi connectivity index (χ2n) is 6.46. The number of benzene rings is 2. The molecular formula is C21H22N4O5. The minimum absolute atomic E-state index is 0.0490. The SMILES string of the molecule is CCOc1ccc(C(C)NC(=O)c2ccn(-c3cccc([N+](=O)[O-])c3)n2)cc1OC. The third-order valence-electron chi connectivity index (χ3n) is 4.46. The van der Waals surface area contributed by atoms with E-state index in [0.29, 0.717) is 23.8 Å². The van der Waals surface area contributed by atoms with Crippen LogP contribution in [0.5, 0.6) is 11.5 Å². The maximum absolute atomic E-state index is 12.6. The molecule has 156 valence electrons. The molecule has 0 aliphatic rings. The summed E-state index contributed by atoms with van der Waals surface area (Å²) in [5, 5.41) is 18.1. The van der Waals surface area contributed by atoms with Gasteiger partial charge in [-0.05, 0) is 43.7 Å². The van der Waals surface area contributed by atoms with E-state index in [-0.39, 0.29) is 23.3 Å². The largest absolute Gasteiger partial charge is 0.493 e. The van der Waals surface area contributed by atoms with Crippen LogP contribution in [0, 0.1) is 10.1 Å². The first-order valence-electron chi connectivity index (χ1n) is 9.35. The Morgan fingerprint density at radius 1 is 1.23 bits per heavy atom. The van der Waals surface area contributed by atoms with Crippen molar-refractivity contribution in [1.82, 2.24) is 15.1 Å². The molecule has 1 atom stereocenters. The minimum atomic E-state index is -0.479. The average molecular weight is 410 g/mol. The van der Waals surface area contributed by atoms with Crippen LogP contribution in [0.2, 0.25) is 0 Å². The molecule has 2 aromatic carbocycles. The fourth-order valence-corrected chi connectivity index (χ4v) is 2.92. The van der Waals surface area contributed by atoms with Crippen LogP contribution in [-0.4, -0.2) is 34.3 Å². The molecule has 1 amide bonds. The maximum Gasteiger partial charge on any atom is 0.272 e. The Kier molecular flexibility index (Phi) is 6.31. The Balaban J connectivity index is 1.74. The van der Waals surface area contributed by atoms with Gasteiger partial charge in [0.2, 0.25) is 0 Å². The molecule has 9 heteroatoms. The van der Waals surface area contributed by atoms with Gasteiger partial charge < -0.3 is 14.8 Å². The van der Waals surface area contributed by atoms with Crippen molar-refractivity contribution in [2.24, 2.45) is 0 Å². The molecule has 0 bridgehead atoms. The predicted molar refractivity (Wildman–Crippen MR) is 110 cm³/mol. The van der Waals surface area contributed by atoms with Gasteiger partial charge >= 0.3 is 0 Å². The molecule has 0 aliphatic carbocycles. The molecule has 3 aromatic rings. The number of carbonyl (C=O) groups is 1. The van der Waals surface area contributed by atoms with Gasteiger partial charge in [-0.3, -0.25) is 14.9 Å². The zero-order valence-electron chi connectivity index (χ0n) is 16.9. The number of carbonyl (C=O) groups excluding carboxylic acids is 1. The van der Waals surface area contributed by atoms with E-state index < -0.39 is 4.92 Å². The topological polar surface area (TPSA) is 109 Å². The molecule has 1 heterocycles. The maximum atomic E-state index is 12.6. The summed E-state index contributed by atoms with van der Waals surface area (Å²) in [5.74, 6) is 0.864. The average Bonchev–Trinajstić information content (AvgIpc) is 3.24. The van der Waals surface area contributed by atoms with Gasteiger partial charge in [-0.2, -0.15) is 5.10 Å². The van der Waals surface area contributed by atoms with Crippen LogP contribution in [-0.2, 0) is 0 Å². The van der Waals surface area contributed by atoms with E-state index in [0.717, 1.165) is 5.56 Å². The third-order valence-corrected chi connectivity index (χ3v) is 4.46. The number of methoxy groups -OCH3 is 1. The van der Waals surface area contributed by atoms with Crippen LogP contribution >= 0.6 is 0 Å². The molecule has 1 unspecified atom stereocenters. The summed E-state index contributed by atoms with van der Waals surface area (Å²) >= 11 is 0. The summed E-state index contributed by atoms with van der Waals surface area (Å²) in [6, 6.07) is 12.8. The van der Waals surface area contributed by atoms with Crippen molar-refractivity contribution in [2.75, 3.05) is 13.7 Å². The first-order chi connectivity index (χ1) is 14.4. The van der Waals surface area contributed by atoms with Gasteiger partial charge in [0.1, 0.15) is 0 Å². The van der Waals surface area contributed by atoms with Crippen LogP contribution in [0.25, 0.3) is 5.69 Å². The van der Waals surface area contributed by atoms with E-state index in [1.165, 1.54) is 16.8 Å². The molecule has 9 nitrogen and oxygen atoms in total. The molecule has 1 N–H and O–H groups in total. The Morgan fingerprint density at radius 3 is 2.73 bits per heavy atom. The Labute approximate surface area is 173 Å². The molecule has 3 rings (SSSR count). The Hall–Kier alpha value is -3.88. The van der Waals surface area contributed by atoms with Gasteiger partial charge in [0, 0.05) is 18.3 Å². The van der Waals surface area contributed by atoms with E-state index in [9.17, 15) is 14.9 Å². The number of nitro groups is 1. The van der Waals surface area contributed by atoms with Gasteiger partial charge in [0.15, 0.2) is 17.2 Å². The Morgan fingerprint density at radius 2 is 2.03 bits per heavy atom. The number of nitrogens with zero attached hydrogens (tertiary/aromatic N) is 3. The van der Waals surface area contributed by atoms with Crippen molar-refractivity contribution in [2.45, 2.75) is 19.9 Å². The molecule has 0 spiro atoms. The summed E-state index contributed by atoms with van der Waals surface area (Å²) in [6.07, 6.45) is 1.58. The molecule has 1 aromatic heterocycles. The van der Waals surface area contributed by atoms with Gasteiger partial charge in [-0.15, -0.1) is 0 Å². The molecule has 30 heavy (non-hydrogen) atoms. The summed E-state index contributed by atoms with van der Waals surface area (Å²) < 4.78 is 12.3. The highest BCUT2D eigenvalue weighted by Crippen LogP contribution is 2.30. The standard InChI is InChI=1S/C21H22N4O5/c1-4-30-19-9-8-15(12-20(19)29-3)14(2)22-21(26)18-10-11-24(23-18)16-6-5-7-17(13-16)25(27)28/h5-14H,4H2,1-3H3,(H,22,26). The van der Waals surface area contributed by atoms with Crippen LogP contribution in [0.15, 0.2) is 54.7 Å². The smallest absolute Gasteiger partial charge is 0.272 e. The number of ether oxygens (including phenoxy) is 2. The molecule has 0 radical (unpaired) electrons.